The number of carbonyl (C=O) groups excluding carboxylic acids is 1. The van der Waals surface area contributed by atoms with Gasteiger partial charge in [-0.1, -0.05) is 30.3 Å². The first-order valence-electron chi connectivity index (χ1n) is 8.53. The van der Waals surface area contributed by atoms with Crippen molar-refractivity contribution in [2.45, 2.75) is 19.5 Å². The zero-order valence-corrected chi connectivity index (χ0v) is 13.8. The van der Waals surface area contributed by atoms with Crippen molar-refractivity contribution in [2.75, 3.05) is 26.2 Å². The van der Waals surface area contributed by atoms with Crippen molar-refractivity contribution in [1.29, 1.82) is 0 Å². The highest BCUT2D eigenvalue weighted by Crippen LogP contribution is 2.39. The van der Waals surface area contributed by atoms with Crippen LogP contribution >= 0.6 is 0 Å². The number of rotatable bonds is 4. The van der Waals surface area contributed by atoms with Gasteiger partial charge in [-0.3, -0.25) is 4.90 Å². The van der Waals surface area contributed by atoms with Crippen molar-refractivity contribution in [2.24, 2.45) is 5.41 Å². The van der Waals surface area contributed by atoms with E-state index in [2.05, 4.69) is 10.2 Å². The lowest BCUT2D eigenvalue weighted by molar-refractivity contribution is 0.0378. The largest absolute Gasteiger partial charge is 0.472 e. The van der Waals surface area contributed by atoms with Gasteiger partial charge < -0.3 is 14.6 Å². The monoisotopic (exact) mass is 325 g/mol. The summed E-state index contributed by atoms with van der Waals surface area (Å²) in [5.74, 6) is 0. The van der Waals surface area contributed by atoms with Crippen molar-refractivity contribution in [3.05, 3.63) is 60.1 Å². The maximum absolute atomic E-state index is 12.3. The Labute approximate surface area is 142 Å². The molecule has 1 N–H and O–H groups in total. The molecule has 2 aliphatic rings. The van der Waals surface area contributed by atoms with Gasteiger partial charge in [-0.05, 0) is 24.6 Å². The molecule has 0 bridgehead atoms. The molecule has 2 aliphatic heterocycles. The zero-order valence-electron chi connectivity index (χ0n) is 13.8. The van der Waals surface area contributed by atoms with Gasteiger partial charge in [0, 0.05) is 43.7 Å². The third kappa shape index (κ3) is 3.17. The Bertz CT molecular complexity index is 678. The molecule has 5 heteroatoms. The summed E-state index contributed by atoms with van der Waals surface area (Å²) in [6.07, 6.45) is 4.71. The first-order valence-corrected chi connectivity index (χ1v) is 8.53. The lowest BCUT2D eigenvalue weighted by atomic mass is 9.79. The molecular formula is C19H23N3O2. The Morgan fingerprint density at radius 2 is 1.96 bits per heavy atom. The first-order chi connectivity index (χ1) is 11.7. The van der Waals surface area contributed by atoms with E-state index in [0.717, 1.165) is 38.3 Å². The maximum Gasteiger partial charge on any atom is 0.317 e. The van der Waals surface area contributed by atoms with Gasteiger partial charge in [-0.15, -0.1) is 0 Å². The predicted octanol–water partition coefficient (Wildman–Crippen LogP) is 2.70. The molecule has 0 saturated carbocycles. The van der Waals surface area contributed by atoms with Gasteiger partial charge in [0.25, 0.3) is 0 Å². The molecule has 24 heavy (non-hydrogen) atoms. The third-order valence-electron chi connectivity index (χ3n) is 5.13. The summed E-state index contributed by atoms with van der Waals surface area (Å²) in [5, 5.41) is 3.02. The molecule has 1 aromatic carbocycles. The van der Waals surface area contributed by atoms with E-state index >= 15 is 0 Å². The fourth-order valence-corrected chi connectivity index (χ4v) is 3.85. The number of benzene rings is 1. The fraction of sp³-hybridized carbons (Fsp3) is 0.421. The average molecular weight is 325 g/mol. The number of nitrogens with one attached hydrogen (secondary N) is 1. The van der Waals surface area contributed by atoms with Gasteiger partial charge >= 0.3 is 6.03 Å². The van der Waals surface area contributed by atoms with E-state index in [0.29, 0.717) is 12.0 Å². The van der Waals surface area contributed by atoms with Gasteiger partial charge in [0.2, 0.25) is 0 Å². The number of furan rings is 1. The minimum atomic E-state index is 0.0535. The van der Waals surface area contributed by atoms with E-state index in [1.807, 2.05) is 47.6 Å². The number of urea groups is 1. The summed E-state index contributed by atoms with van der Waals surface area (Å²) in [5.41, 5.74) is 2.66. The molecule has 126 valence electrons. The van der Waals surface area contributed by atoms with Crippen LogP contribution in [0.1, 0.15) is 17.5 Å². The van der Waals surface area contributed by atoms with Crippen LogP contribution in [0.3, 0.4) is 0 Å². The topological polar surface area (TPSA) is 48.7 Å². The lowest BCUT2D eigenvalue weighted by Gasteiger charge is -2.48. The van der Waals surface area contributed by atoms with Gasteiger partial charge in [0.15, 0.2) is 0 Å². The van der Waals surface area contributed by atoms with E-state index in [1.54, 1.807) is 6.26 Å². The van der Waals surface area contributed by atoms with Crippen molar-refractivity contribution in [1.82, 2.24) is 15.1 Å². The second kappa shape index (κ2) is 6.32. The van der Waals surface area contributed by atoms with Crippen LogP contribution in [0.2, 0.25) is 0 Å². The molecule has 2 aromatic rings. The first kappa shape index (κ1) is 15.3. The highest BCUT2D eigenvalue weighted by Gasteiger charge is 2.49. The SMILES string of the molecule is O=C(NCc1ccccc1)N1CC2(CCN(Cc3ccoc3)C2)C1. The molecule has 4 rings (SSSR count). The minimum Gasteiger partial charge on any atom is -0.472 e. The molecule has 0 aliphatic carbocycles. The zero-order chi connectivity index (χ0) is 16.4. The van der Waals surface area contributed by atoms with Crippen LogP contribution in [0, 0.1) is 5.41 Å². The van der Waals surface area contributed by atoms with E-state index < -0.39 is 0 Å². The normalized spacial score (nSPS) is 19.4. The van der Waals surface area contributed by atoms with Crippen LogP contribution in [0.4, 0.5) is 4.79 Å². The molecule has 5 nitrogen and oxygen atoms in total. The second-order valence-electron chi connectivity index (χ2n) is 7.09. The van der Waals surface area contributed by atoms with Crippen LogP contribution in [0.15, 0.2) is 53.3 Å². The average Bonchev–Trinajstić information content (AvgIpc) is 3.22. The minimum absolute atomic E-state index is 0.0535. The lowest BCUT2D eigenvalue weighted by Crippen LogP contribution is -2.61. The third-order valence-corrected chi connectivity index (χ3v) is 5.13. The summed E-state index contributed by atoms with van der Waals surface area (Å²) < 4.78 is 5.14. The van der Waals surface area contributed by atoms with Crippen LogP contribution in [0.25, 0.3) is 0 Å². The standard InChI is InChI=1S/C19H23N3O2/c23-18(20-10-16-4-2-1-3-5-16)22-14-19(15-22)7-8-21(13-19)11-17-6-9-24-12-17/h1-6,9,12H,7-8,10-11,13-15H2,(H,20,23). The van der Waals surface area contributed by atoms with Crippen LogP contribution in [-0.4, -0.2) is 42.0 Å². The van der Waals surface area contributed by atoms with E-state index in [1.165, 1.54) is 12.0 Å². The highest BCUT2D eigenvalue weighted by molar-refractivity contribution is 5.75. The Hall–Kier alpha value is -2.27. The van der Waals surface area contributed by atoms with Crippen molar-refractivity contribution in [3.63, 3.8) is 0 Å². The van der Waals surface area contributed by atoms with E-state index in [-0.39, 0.29) is 6.03 Å². The number of carbonyl (C=O) groups is 1. The molecule has 3 heterocycles. The Balaban J connectivity index is 1.23. The van der Waals surface area contributed by atoms with Crippen LogP contribution < -0.4 is 5.32 Å². The van der Waals surface area contributed by atoms with E-state index in [9.17, 15) is 4.79 Å². The molecule has 1 spiro atoms. The Morgan fingerprint density at radius 1 is 1.12 bits per heavy atom. The van der Waals surface area contributed by atoms with Gasteiger partial charge in [0.1, 0.15) is 0 Å². The summed E-state index contributed by atoms with van der Waals surface area (Å²) in [4.78, 5) is 16.7. The molecule has 2 saturated heterocycles. The number of likely N-dealkylation sites (tertiary alicyclic amines) is 2. The van der Waals surface area contributed by atoms with Gasteiger partial charge in [-0.25, -0.2) is 4.79 Å². The number of hydrogen-bond acceptors (Lipinski definition) is 3. The number of nitrogens with zero attached hydrogens (tertiary/aromatic N) is 2. The molecule has 0 radical (unpaired) electrons. The van der Waals surface area contributed by atoms with Gasteiger partial charge in [0.05, 0.1) is 12.5 Å². The fourth-order valence-electron chi connectivity index (χ4n) is 3.85. The molecule has 0 unspecified atom stereocenters. The van der Waals surface area contributed by atoms with Crippen LogP contribution in [-0.2, 0) is 13.1 Å². The highest BCUT2D eigenvalue weighted by atomic mass is 16.3. The van der Waals surface area contributed by atoms with Crippen molar-refractivity contribution < 1.29 is 9.21 Å². The predicted molar refractivity (Wildman–Crippen MR) is 91.3 cm³/mol. The molecule has 2 fully saturated rings. The van der Waals surface area contributed by atoms with E-state index in [4.69, 9.17) is 4.42 Å². The Kier molecular flexibility index (Phi) is 4.02. The summed E-state index contributed by atoms with van der Waals surface area (Å²) in [6, 6.07) is 12.1. The van der Waals surface area contributed by atoms with Gasteiger partial charge in [-0.2, -0.15) is 0 Å². The van der Waals surface area contributed by atoms with Crippen molar-refractivity contribution >= 4 is 6.03 Å². The second-order valence-corrected chi connectivity index (χ2v) is 7.09. The van der Waals surface area contributed by atoms with Crippen LogP contribution in [0.5, 0.6) is 0 Å². The molecule has 0 atom stereocenters. The summed E-state index contributed by atoms with van der Waals surface area (Å²) >= 11 is 0. The maximum atomic E-state index is 12.3. The molecule has 1 aromatic heterocycles. The molecular weight excluding hydrogens is 302 g/mol. The van der Waals surface area contributed by atoms with Crippen molar-refractivity contribution in [3.8, 4) is 0 Å². The molecule has 2 amide bonds. The quantitative estimate of drug-likeness (QED) is 0.940. The smallest absolute Gasteiger partial charge is 0.317 e. The summed E-state index contributed by atoms with van der Waals surface area (Å²) in [7, 11) is 0. The number of amides is 2. The number of hydrogen-bond donors (Lipinski definition) is 1. The Morgan fingerprint density at radius 3 is 2.71 bits per heavy atom. The summed E-state index contributed by atoms with van der Waals surface area (Å²) in [6.45, 7) is 5.45.